The van der Waals surface area contributed by atoms with Crippen LogP contribution in [0.2, 0.25) is 0 Å². The molecule has 0 amide bonds. The van der Waals surface area contributed by atoms with Crippen molar-refractivity contribution < 1.29 is 0 Å². The number of hydrogen-bond donors (Lipinski definition) is 0. The monoisotopic (exact) mass is 369 g/mol. The molecule has 0 spiro atoms. The Balaban J connectivity index is 2.24. The summed E-state index contributed by atoms with van der Waals surface area (Å²) in [6, 6.07) is 11.7. The number of halogens is 1. The molecule has 116 valence electrons. The summed E-state index contributed by atoms with van der Waals surface area (Å²) in [4.78, 5) is 17.8. The Morgan fingerprint density at radius 2 is 1.96 bits per heavy atom. The fourth-order valence-electron chi connectivity index (χ4n) is 3.09. The van der Waals surface area contributed by atoms with E-state index >= 15 is 0 Å². The Hall–Kier alpha value is -2.14. The molecule has 23 heavy (non-hydrogen) atoms. The van der Waals surface area contributed by atoms with E-state index in [0.717, 1.165) is 44.9 Å². The standard InChI is InChI=1S/C18H16BrN3O/c1-2-3-9-22-17-16(13-6-4-5-7-14(13)18(22)23)20-15-11-12(19)8-10-21(15)17/h4-8,10-11H,2-3,9H2,1H3. The van der Waals surface area contributed by atoms with E-state index < -0.39 is 0 Å². The van der Waals surface area contributed by atoms with Crippen molar-refractivity contribution in [3.63, 3.8) is 0 Å². The highest BCUT2D eigenvalue weighted by Crippen LogP contribution is 2.25. The first kappa shape index (κ1) is 14.5. The van der Waals surface area contributed by atoms with E-state index in [2.05, 4.69) is 22.9 Å². The van der Waals surface area contributed by atoms with Crippen LogP contribution in [0.4, 0.5) is 0 Å². The molecule has 3 heterocycles. The van der Waals surface area contributed by atoms with Crippen LogP contribution < -0.4 is 5.56 Å². The molecule has 0 N–H and O–H groups in total. The normalized spacial score (nSPS) is 11.7. The van der Waals surface area contributed by atoms with Crippen molar-refractivity contribution in [3.05, 3.63) is 57.4 Å². The van der Waals surface area contributed by atoms with Gasteiger partial charge in [-0.25, -0.2) is 4.98 Å². The summed E-state index contributed by atoms with van der Waals surface area (Å²) in [5.41, 5.74) is 2.67. The lowest BCUT2D eigenvalue weighted by molar-refractivity contribution is 0.629. The Morgan fingerprint density at radius 3 is 2.74 bits per heavy atom. The van der Waals surface area contributed by atoms with Gasteiger partial charge in [-0.05, 0) is 24.6 Å². The van der Waals surface area contributed by atoms with Crippen molar-refractivity contribution >= 4 is 43.5 Å². The number of rotatable bonds is 3. The van der Waals surface area contributed by atoms with Gasteiger partial charge in [0.2, 0.25) is 0 Å². The molecule has 4 rings (SSSR count). The lowest BCUT2D eigenvalue weighted by Crippen LogP contribution is -2.21. The maximum absolute atomic E-state index is 13.0. The Kier molecular flexibility index (Phi) is 3.45. The molecule has 0 saturated carbocycles. The number of aromatic nitrogens is 3. The van der Waals surface area contributed by atoms with Gasteiger partial charge in [0.1, 0.15) is 16.8 Å². The van der Waals surface area contributed by atoms with Crippen LogP contribution in [-0.2, 0) is 6.54 Å². The zero-order valence-electron chi connectivity index (χ0n) is 12.8. The van der Waals surface area contributed by atoms with Crippen LogP contribution >= 0.6 is 15.9 Å². The van der Waals surface area contributed by atoms with Crippen LogP contribution in [0, 0.1) is 0 Å². The largest absolute Gasteiger partial charge is 0.292 e. The predicted molar refractivity (Wildman–Crippen MR) is 97.1 cm³/mol. The summed E-state index contributed by atoms with van der Waals surface area (Å²) in [7, 11) is 0. The topological polar surface area (TPSA) is 39.3 Å². The lowest BCUT2D eigenvalue weighted by atomic mass is 10.1. The summed E-state index contributed by atoms with van der Waals surface area (Å²) in [6.07, 6.45) is 3.98. The fraction of sp³-hybridized carbons (Fsp3) is 0.222. The van der Waals surface area contributed by atoms with E-state index in [1.165, 1.54) is 0 Å². The SMILES string of the molecule is CCCCn1c(=O)c2ccccc2c2nc3cc(Br)ccn3c21. The predicted octanol–water partition coefficient (Wildman–Crippen LogP) is 4.37. The van der Waals surface area contributed by atoms with Gasteiger partial charge in [0.15, 0.2) is 0 Å². The van der Waals surface area contributed by atoms with Gasteiger partial charge in [-0.2, -0.15) is 0 Å². The van der Waals surface area contributed by atoms with Crippen LogP contribution in [0.25, 0.3) is 27.6 Å². The number of nitrogens with zero attached hydrogens (tertiary/aromatic N) is 3. The number of benzene rings is 1. The number of unbranched alkanes of at least 4 members (excludes halogenated alkanes) is 1. The Labute approximate surface area is 141 Å². The summed E-state index contributed by atoms with van der Waals surface area (Å²) in [6.45, 7) is 2.84. The molecule has 3 aromatic heterocycles. The van der Waals surface area contributed by atoms with Crippen LogP contribution in [-0.4, -0.2) is 14.0 Å². The Bertz CT molecular complexity index is 1090. The summed E-state index contributed by atoms with van der Waals surface area (Å²) >= 11 is 3.49. The van der Waals surface area contributed by atoms with Crippen LogP contribution in [0.15, 0.2) is 51.9 Å². The summed E-state index contributed by atoms with van der Waals surface area (Å²) in [5.74, 6) is 0. The second-order valence-electron chi connectivity index (χ2n) is 5.71. The van der Waals surface area contributed by atoms with E-state index in [1.54, 1.807) is 0 Å². The smallest absolute Gasteiger partial charge is 0.260 e. The number of fused-ring (bicyclic) bond motifs is 5. The number of imidazole rings is 1. The molecule has 5 heteroatoms. The van der Waals surface area contributed by atoms with Gasteiger partial charge in [0.05, 0.1) is 0 Å². The summed E-state index contributed by atoms with van der Waals surface area (Å²) < 4.78 is 4.85. The lowest BCUT2D eigenvalue weighted by Gasteiger charge is -2.10. The third-order valence-electron chi connectivity index (χ3n) is 4.21. The third kappa shape index (κ3) is 2.18. The quantitative estimate of drug-likeness (QED) is 0.537. The molecule has 0 aliphatic carbocycles. The van der Waals surface area contributed by atoms with Crippen LogP contribution in [0.3, 0.4) is 0 Å². The Morgan fingerprint density at radius 1 is 1.17 bits per heavy atom. The molecule has 4 nitrogen and oxygen atoms in total. The number of pyridine rings is 2. The van der Waals surface area contributed by atoms with Crippen molar-refractivity contribution in [1.82, 2.24) is 14.0 Å². The molecule has 1 aromatic carbocycles. The van der Waals surface area contributed by atoms with Gasteiger partial charge in [-0.3, -0.25) is 13.8 Å². The van der Waals surface area contributed by atoms with Crippen molar-refractivity contribution in [1.29, 1.82) is 0 Å². The molecule has 0 aliphatic rings. The first-order chi connectivity index (χ1) is 11.2. The van der Waals surface area contributed by atoms with Crippen molar-refractivity contribution in [3.8, 4) is 0 Å². The van der Waals surface area contributed by atoms with Crippen molar-refractivity contribution in [2.75, 3.05) is 0 Å². The molecule has 0 unspecified atom stereocenters. The van der Waals surface area contributed by atoms with Gasteiger partial charge in [-0.15, -0.1) is 0 Å². The molecule has 4 aromatic rings. The molecular formula is C18H16BrN3O. The molecule has 0 atom stereocenters. The average molecular weight is 370 g/mol. The van der Waals surface area contributed by atoms with Gasteiger partial charge in [-0.1, -0.05) is 47.5 Å². The first-order valence-electron chi connectivity index (χ1n) is 7.79. The maximum Gasteiger partial charge on any atom is 0.260 e. The van der Waals surface area contributed by atoms with Crippen LogP contribution in [0.5, 0.6) is 0 Å². The molecular weight excluding hydrogens is 354 g/mol. The van der Waals surface area contributed by atoms with E-state index in [4.69, 9.17) is 4.98 Å². The first-order valence-corrected chi connectivity index (χ1v) is 8.59. The summed E-state index contributed by atoms with van der Waals surface area (Å²) in [5, 5.41) is 1.65. The van der Waals surface area contributed by atoms with Gasteiger partial charge >= 0.3 is 0 Å². The van der Waals surface area contributed by atoms with Crippen molar-refractivity contribution in [2.24, 2.45) is 0 Å². The molecule has 0 aliphatic heterocycles. The number of hydrogen-bond acceptors (Lipinski definition) is 2. The van der Waals surface area contributed by atoms with Gasteiger partial charge in [0, 0.05) is 28.0 Å². The highest BCUT2D eigenvalue weighted by Gasteiger charge is 2.15. The third-order valence-corrected chi connectivity index (χ3v) is 4.70. The molecule has 0 fully saturated rings. The highest BCUT2D eigenvalue weighted by atomic mass is 79.9. The van der Waals surface area contributed by atoms with E-state index in [0.29, 0.717) is 6.54 Å². The maximum atomic E-state index is 13.0. The van der Waals surface area contributed by atoms with E-state index in [9.17, 15) is 4.79 Å². The molecule has 0 radical (unpaired) electrons. The minimum absolute atomic E-state index is 0.0614. The van der Waals surface area contributed by atoms with E-state index in [-0.39, 0.29) is 5.56 Å². The van der Waals surface area contributed by atoms with E-state index in [1.807, 2.05) is 51.6 Å². The second-order valence-corrected chi connectivity index (χ2v) is 6.63. The number of aryl methyl sites for hydroxylation is 1. The van der Waals surface area contributed by atoms with Gasteiger partial charge < -0.3 is 0 Å². The average Bonchev–Trinajstić information content (AvgIpc) is 2.93. The minimum atomic E-state index is 0.0614. The highest BCUT2D eigenvalue weighted by molar-refractivity contribution is 9.10. The van der Waals surface area contributed by atoms with Gasteiger partial charge in [0.25, 0.3) is 5.56 Å². The minimum Gasteiger partial charge on any atom is -0.292 e. The molecule has 0 bridgehead atoms. The zero-order valence-corrected chi connectivity index (χ0v) is 14.4. The second kappa shape index (κ2) is 5.49. The molecule has 0 saturated heterocycles. The van der Waals surface area contributed by atoms with Crippen molar-refractivity contribution in [2.45, 2.75) is 26.3 Å². The fourth-order valence-corrected chi connectivity index (χ4v) is 3.41. The van der Waals surface area contributed by atoms with Crippen LogP contribution in [0.1, 0.15) is 19.8 Å². The zero-order chi connectivity index (χ0) is 16.0.